The molecule has 1 aromatic rings. The van der Waals surface area contributed by atoms with Gasteiger partial charge >= 0.3 is 0 Å². The van der Waals surface area contributed by atoms with Crippen molar-refractivity contribution in [1.29, 1.82) is 5.26 Å². The molecule has 16 heavy (non-hydrogen) atoms. The molecule has 1 aliphatic rings. The molecule has 1 fully saturated rings. The summed E-state index contributed by atoms with van der Waals surface area (Å²) in [6, 6.07) is 4.02. The highest BCUT2D eigenvalue weighted by Crippen LogP contribution is 2.18. The Balaban J connectivity index is 2.18. The van der Waals surface area contributed by atoms with Crippen LogP contribution in [-0.2, 0) is 0 Å². The van der Waals surface area contributed by atoms with Crippen LogP contribution < -0.4 is 4.90 Å². The number of rotatable bonds is 1. The molecule has 0 amide bonds. The van der Waals surface area contributed by atoms with E-state index in [1.54, 1.807) is 6.20 Å². The highest BCUT2D eigenvalue weighted by Gasteiger charge is 2.16. The Labute approximate surface area is 96.1 Å². The zero-order chi connectivity index (χ0) is 11.5. The number of nitrogens with zero attached hydrogens (tertiary/aromatic N) is 4. The molecule has 1 aliphatic heterocycles. The van der Waals surface area contributed by atoms with E-state index in [0.29, 0.717) is 5.56 Å². The second kappa shape index (κ2) is 4.50. The van der Waals surface area contributed by atoms with Crippen molar-refractivity contribution in [3.63, 3.8) is 0 Å². The van der Waals surface area contributed by atoms with Crippen LogP contribution >= 0.6 is 0 Å². The van der Waals surface area contributed by atoms with Crippen LogP contribution in [0.4, 0.5) is 5.82 Å². The van der Waals surface area contributed by atoms with Crippen LogP contribution in [0.15, 0.2) is 12.3 Å². The maximum atomic E-state index is 8.79. The smallest absolute Gasteiger partial charge is 0.131 e. The predicted molar refractivity (Wildman–Crippen MR) is 63.4 cm³/mol. The van der Waals surface area contributed by atoms with Crippen molar-refractivity contribution < 1.29 is 0 Å². The Bertz CT molecular complexity index is 414. The molecule has 0 unspecified atom stereocenters. The topological polar surface area (TPSA) is 43.2 Å². The molecule has 0 spiro atoms. The second-order valence-electron chi connectivity index (χ2n) is 4.27. The van der Waals surface area contributed by atoms with Gasteiger partial charge in [0, 0.05) is 32.4 Å². The molecule has 1 aromatic heterocycles. The average Bonchev–Trinajstić information content (AvgIpc) is 2.30. The molecule has 0 N–H and O–H groups in total. The van der Waals surface area contributed by atoms with Gasteiger partial charge in [0.2, 0.25) is 0 Å². The monoisotopic (exact) mass is 216 g/mol. The molecule has 2 heterocycles. The average molecular weight is 216 g/mol. The molecule has 0 radical (unpaired) electrons. The normalized spacial score (nSPS) is 17.2. The van der Waals surface area contributed by atoms with Crippen LogP contribution in [0.1, 0.15) is 11.1 Å². The molecule has 0 saturated carbocycles. The summed E-state index contributed by atoms with van der Waals surface area (Å²) in [4.78, 5) is 8.99. The number of pyridine rings is 1. The van der Waals surface area contributed by atoms with E-state index in [9.17, 15) is 0 Å². The fourth-order valence-corrected chi connectivity index (χ4v) is 1.98. The van der Waals surface area contributed by atoms with Crippen molar-refractivity contribution in [2.24, 2.45) is 0 Å². The number of anilines is 1. The van der Waals surface area contributed by atoms with Crippen molar-refractivity contribution >= 4 is 5.82 Å². The Morgan fingerprint density at radius 1 is 1.31 bits per heavy atom. The fraction of sp³-hybridized carbons (Fsp3) is 0.500. The molecule has 1 saturated heterocycles. The highest BCUT2D eigenvalue weighted by atomic mass is 15.3. The van der Waals surface area contributed by atoms with E-state index < -0.39 is 0 Å². The minimum Gasteiger partial charge on any atom is -0.354 e. The van der Waals surface area contributed by atoms with E-state index in [4.69, 9.17) is 5.26 Å². The van der Waals surface area contributed by atoms with E-state index in [-0.39, 0.29) is 0 Å². The van der Waals surface area contributed by atoms with Crippen molar-refractivity contribution in [3.05, 3.63) is 23.4 Å². The summed E-state index contributed by atoms with van der Waals surface area (Å²) < 4.78 is 0. The summed E-state index contributed by atoms with van der Waals surface area (Å²) in [5, 5.41) is 8.79. The van der Waals surface area contributed by atoms with Crippen molar-refractivity contribution in [2.45, 2.75) is 6.92 Å². The van der Waals surface area contributed by atoms with E-state index in [1.165, 1.54) is 0 Å². The number of nitriles is 1. The largest absolute Gasteiger partial charge is 0.354 e. The van der Waals surface area contributed by atoms with Crippen LogP contribution in [0.5, 0.6) is 0 Å². The lowest BCUT2D eigenvalue weighted by atomic mass is 10.2. The number of piperazine rings is 1. The third-order valence-electron chi connectivity index (χ3n) is 2.98. The standard InChI is InChI=1S/C12H16N4/c1-10-7-11(8-13)9-14-12(10)16-5-3-15(2)4-6-16/h7,9H,3-6H2,1-2H3. The molecule has 0 aromatic carbocycles. The summed E-state index contributed by atoms with van der Waals surface area (Å²) in [6.07, 6.45) is 1.65. The van der Waals surface area contributed by atoms with Crippen molar-refractivity contribution in [2.75, 3.05) is 38.1 Å². The number of aromatic nitrogens is 1. The van der Waals surface area contributed by atoms with Crippen molar-refractivity contribution in [3.8, 4) is 6.07 Å². The Kier molecular flexibility index (Phi) is 3.07. The van der Waals surface area contributed by atoms with Gasteiger partial charge in [0.25, 0.3) is 0 Å². The summed E-state index contributed by atoms with van der Waals surface area (Å²) in [5.74, 6) is 1.02. The van der Waals surface area contributed by atoms with Crippen LogP contribution in [-0.4, -0.2) is 43.1 Å². The molecule has 2 rings (SSSR count). The third kappa shape index (κ3) is 2.15. The number of likely N-dealkylation sites (N-methyl/N-ethyl adjacent to an activating group) is 1. The number of hydrogen-bond donors (Lipinski definition) is 0. The molecular weight excluding hydrogens is 200 g/mol. The lowest BCUT2D eigenvalue weighted by molar-refractivity contribution is 0.312. The van der Waals surface area contributed by atoms with Gasteiger partial charge in [0.05, 0.1) is 5.56 Å². The maximum Gasteiger partial charge on any atom is 0.131 e. The second-order valence-corrected chi connectivity index (χ2v) is 4.27. The lowest BCUT2D eigenvalue weighted by Gasteiger charge is -2.33. The van der Waals surface area contributed by atoms with Gasteiger partial charge in [-0.2, -0.15) is 5.26 Å². The Morgan fingerprint density at radius 2 is 2.00 bits per heavy atom. The Hall–Kier alpha value is -1.60. The van der Waals surface area contributed by atoms with Gasteiger partial charge in [-0.05, 0) is 25.6 Å². The SMILES string of the molecule is Cc1cc(C#N)cnc1N1CCN(C)CC1. The lowest BCUT2D eigenvalue weighted by Crippen LogP contribution is -2.45. The first kappa shape index (κ1) is 10.9. The quantitative estimate of drug-likeness (QED) is 0.703. The molecular formula is C12H16N4. The molecule has 4 nitrogen and oxygen atoms in total. The van der Waals surface area contributed by atoms with Crippen LogP contribution in [0.25, 0.3) is 0 Å². The predicted octanol–water partition coefficient (Wildman–Crippen LogP) is 1.01. The first-order chi connectivity index (χ1) is 7.70. The first-order valence-corrected chi connectivity index (χ1v) is 5.51. The van der Waals surface area contributed by atoms with E-state index in [0.717, 1.165) is 37.6 Å². The van der Waals surface area contributed by atoms with Gasteiger partial charge in [-0.15, -0.1) is 0 Å². The summed E-state index contributed by atoms with van der Waals surface area (Å²) in [6.45, 7) is 6.18. The summed E-state index contributed by atoms with van der Waals surface area (Å²) >= 11 is 0. The van der Waals surface area contributed by atoms with E-state index in [2.05, 4.69) is 27.9 Å². The highest BCUT2D eigenvalue weighted by molar-refractivity contribution is 5.49. The van der Waals surface area contributed by atoms with E-state index in [1.807, 2.05) is 13.0 Å². The van der Waals surface area contributed by atoms with Crippen LogP contribution in [0, 0.1) is 18.3 Å². The van der Waals surface area contributed by atoms with Gasteiger partial charge in [-0.3, -0.25) is 0 Å². The van der Waals surface area contributed by atoms with Crippen LogP contribution in [0.3, 0.4) is 0 Å². The fourth-order valence-electron chi connectivity index (χ4n) is 1.98. The minimum absolute atomic E-state index is 0.635. The molecule has 0 aliphatic carbocycles. The number of hydrogen-bond acceptors (Lipinski definition) is 4. The summed E-state index contributed by atoms with van der Waals surface area (Å²) in [7, 11) is 2.14. The number of aryl methyl sites for hydroxylation is 1. The van der Waals surface area contributed by atoms with Gasteiger partial charge in [0.1, 0.15) is 11.9 Å². The zero-order valence-electron chi connectivity index (χ0n) is 9.77. The van der Waals surface area contributed by atoms with Gasteiger partial charge < -0.3 is 9.80 Å². The minimum atomic E-state index is 0.635. The molecule has 4 heteroatoms. The molecule has 0 bridgehead atoms. The third-order valence-corrected chi connectivity index (χ3v) is 2.98. The Morgan fingerprint density at radius 3 is 2.56 bits per heavy atom. The van der Waals surface area contributed by atoms with Gasteiger partial charge in [-0.25, -0.2) is 4.98 Å². The molecule has 84 valence electrons. The zero-order valence-corrected chi connectivity index (χ0v) is 9.77. The summed E-state index contributed by atoms with van der Waals surface area (Å²) in [5.41, 5.74) is 1.72. The molecule has 0 atom stereocenters. The van der Waals surface area contributed by atoms with Gasteiger partial charge in [0.15, 0.2) is 0 Å². The first-order valence-electron chi connectivity index (χ1n) is 5.51. The van der Waals surface area contributed by atoms with Crippen molar-refractivity contribution in [1.82, 2.24) is 9.88 Å². The van der Waals surface area contributed by atoms with Crippen LogP contribution in [0.2, 0.25) is 0 Å². The van der Waals surface area contributed by atoms with E-state index >= 15 is 0 Å². The maximum absolute atomic E-state index is 8.79. The van der Waals surface area contributed by atoms with Gasteiger partial charge in [-0.1, -0.05) is 0 Å².